The van der Waals surface area contributed by atoms with Crippen LogP contribution in [0.5, 0.6) is 0 Å². The molecule has 68 heavy (non-hydrogen) atoms. The summed E-state index contributed by atoms with van der Waals surface area (Å²) in [7, 11) is 3.62. The van der Waals surface area contributed by atoms with Crippen LogP contribution in [0.2, 0.25) is 0 Å². The van der Waals surface area contributed by atoms with Crippen molar-refractivity contribution < 1.29 is 62.3 Å². The van der Waals surface area contributed by atoms with Gasteiger partial charge in [0.2, 0.25) is 11.8 Å². The number of cyclic esters (lactones) is 1. The standard InChI is InChI=1S/C47H70FN7O12S/c1-13-33-47(10,61)40-26(5)36(53-35(56)14-2)24(3)18-45(8,39(27(6)38(58)46(9,48)44(60)66-33)67-43-37(57)32(55(11)12)17-25(4)65-43)63-21-31(20-62-40)54-64-22-30-16-15-29(19-50-30)42-52-34(23-68-42)51-41(59)28(7)49/h15-16,19,23-28,32-33,37,39-40,43,57,61H,13-14,17-18,20-22,49H2,1-12H3,(H,51,59)/b53-36?,54-31+/t24-,25-,26+,27+,28+,32+,33-,37-,39-,40+,43+,45-,46+,47-/m1/s1. The lowest BCUT2D eigenvalue weighted by atomic mass is 9.73. The maximum atomic E-state index is 17.0. The minimum Gasteiger partial charge on any atom is -0.457 e. The molecule has 378 valence electrons. The molecule has 0 saturated carbocycles. The van der Waals surface area contributed by atoms with Gasteiger partial charge in [0.15, 0.2) is 18.7 Å². The van der Waals surface area contributed by atoms with Crippen molar-refractivity contribution in [3.63, 3.8) is 0 Å². The summed E-state index contributed by atoms with van der Waals surface area (Å²) >= 11 is 1.32. The van der Waals surface area contributed by atoms with Crippen molar-refractivity contribution >= 4 is 52.1 Å². The number of anilines is 1. The summed E-state index contributed by atoms with van der Waals surface area (Å²) in [6.45, 7) is 14.7. The lowest BCUT2D eigenvalue weighted by Crippen LogP contribution is -2.61. The zero-order valence-corrected chi connectivity index (χ0v) is 42.0. The van der Waals surface area contributed by atoms with E-state index in [1.54, 1.807) is 58.3 Å². The molecule has 19 nitrogen and oxygen atoms in total. The van der Waals surface area contributed by atoms with Crippen LogP contribution in [0.1, 0.15) is 101 Å². The number of pyridine rings is 1. The average molecular weight is 976 g/mol. The molecular weight excluding hydrogens is 906 g/mol. The minimum absolute atomic E-state index is 0.0199. The number of hydrogen-bond acceptors (Lipinski definition) is 18. The van der Waals surface area contributed by atoms with E-state index in [4.69, 9.17) is 34.3 Å². The first kappa shape index (κ1) is 54.7. The molecule has 14 atom stereocenters. The highest BCUT2D eigenvalue weighted by Crippen LogP contribution is 2.41. The maximum Gasteiger partial charge on any atom is 0.351 e. The second-order valence-corrected chi connectivity index (χ2v) is 20.0. The van der Waals surface area contributed by atoms with E-state index in [9.17, 15) is 29.4 Å². The topological polar surface area (TPSA) is 256 Å². The van der Waals surface area contributed by atoms with Crippen LogP contribution in [0, 0.1) is 17.8 Å². The number of nitrogens with zero attached hydrogens (tertiary/aromatic N) is 5. The number of rotatable bonds is 11. The second kappa shape index (κ2) is 22.7. The van der Waals surface area contributed by atoms with Gasteiger partial charge in [-0.3, -0.25) is 19.4 Å². The highest BCUT2D eigenvalue weighted by atomic mass is 32.1. The molecule has 3 aliphatic rings. The van der Waals surface area contributed by atoms with Crippen molar-refractivity contribution in [3.8, 4) is 10.6 Å². The molecule has 0 spiro atoms. The molecule has 0 aliphatic carbocycles. The van der Waals surface area contributed by atoms with Gasteiger partial charge in [0, 0.05) is 47.2 Å². The van der Waals surface area contributed by atoms with Crippen LogP contribution in [-0.2, 0) is 54.3 Å². The first-order chi connectivity index (χ1) is 31.8. The predicted octanol–water partition coefficient (Wildman–Crippen LogP) is 4.41. The fourth-order valence-corrected chi connectivity index (χ4v) is 9.92. The number of nitrogens with one attached hydrogen (secondary N) is 1. The summed E-state index contributed by atoms with van der Waals surface area (Å²) < 4.78 is 49.0. The van der Waals surface area contributed by atoms with Crippen LogP contribution >= 0.6 is 11.3 Å². The van der Waals surface area contributed by atoms with Crippen LogP contribution in [0.3, 0.4) is 0 Å². The lowest BCUT2D eigenvalue weighted by Gasteiger charge is -2.47. The number of amides is 2. The van der Waals surface area contributed by atoms with Crippen molar-refractivity contribution in [3.05, 3.63) is 29.4 Å². The van der Waals surface area contributed by atoms with E-state index in [2.05, 4.69) is 25.4 Å². The van der Waals surface area contributed by atoms with Gasteiger partial charge >= 0.3 is 5.97 Å². The summed E-state index contributed by atoms with van der Waals surface area (Å²) in [6.07, 6.45) is -5.04. The average Bonchev–Trinajstić information content (AvgIpc) is 3.75. The van der Waals surface area contributed by atoms with E-state index in [0.29, 0.717) is 34.2 Å². The van der Waals surface area contributed by atoms with Gasteiger partial charge < -0.3 is 54.7 Å². The van der Waals surface area contributed by atoms with E-state index in [1.807, 2.05) is 32.8 Å². The van der Waals surface area contributed by atoms with E-state index in [1.165, 1.54) is 25.2 Å². The van der Waals surface area contributed by atoms with Gasteiger partial charge in [0.25, 0.3) is 5.67 Å². The number of fused-ring (bicyclic) bond motifs is 5. The number of carbonyl (C=O) groups is 4. The van der Waals surface area contributed by atoms with Crippen LogP contribution in [-0.4, -0.2) is 153 Å². The number of aliphatic hydroxyl groups excluding tert-OH is 1. The van der Waals surface area contributed by atoms with Gasteiger partial charge in [-0.1, -0.05) is 39.8 Å². The molecule has 3 saturated heterocycles. The number of aliphatic imine (C=N–C) groups is 1. The Kier molecular flexibility index (Phi) is 18.3. The van der Waals surface area contributed by atoms with E-state index < -0.39 is 101 Å². The third-order valence-electron chi connectivity index (χ3n) is 13.1. The summed E-state index contributed by atoms with van der Waals surface area (Å²) in [6, 6.07) is 2.39. The Hall–Kier alpha value is -4.19. The fourth-order valence-electron chi connectivity index (χ4n) is 9.18. The molecule has 5 N–H and O–H groups in total. The molecule has 2 amide bonds. The Labute approximate surface area is 401 Å². The third-order valence-corrected chi connectivity index (χ3v) is 13.9. The number of thiazole rings is 1. The zero-order valence-electron chi connectivity index (χ0n) is 41.2. The number of likely N-dealkylation sites (N-methyl/N-ethyl adjacent to an activating group) is 1. The molecule has 0 unspecified atom stereocenters. The summed E-state index contributed by atoms with van der Waals surface area (Å²) in [5.41, 5.74) is 0.406. The van der Waals surface area contributed by atoms with Crippen LogP contribution in [0.25, 0.3) is 10.6 Å². The number of ketones is 1. The normalized spacial score (nSPS) is 36.1. The molecule has 3 aliphatic heterocycles. The molecule has 2 bridgehead atoms. The van der Waals surface area contributed by atoms with Crippen molar-refractivity contribution in [1.82, 2.24) is 14.9 Å². The number of carbonyl (C=O) groups excluding carboxylic acids is 4. The number of Topliss-reactive ketones (excluding diaryl/α,β-unsaturated/α-hetero) is 1. The number of ether oxygens (including phenoxy) is 5. The van der Waals surface area contributed by atoms with Gasteiger partial charge in [-0.25, -0.2) is 19.2 Å². The first-order valence-electron chi connectivity index (χ1n) is 23.2. The van der Waals surface area contributed by atoms with Gasteiger partial charge in [0.1, 0.15) is 34.3 Å². The molecule has 0 radical (unpaired) electrons. The first-order valence-corrected chi connectivity index (χ1v) is 24.1. The van der Waals surface area contributed by atoms with Crippen molar-refractivity contribution in [2.24, 2.45) is 33.6 Å². The van der Waals surface area contributed by atoms with Crippen LogP contribution in [0.4, 0.5) is 10.2 Å². The summed E-state index contributed by atoms with van der Waals surface area (Å²) in [5.74, 6) is -6.14. The minimum atomic E-state index is -3.24. The molecule has 2 aromatic heterocycles. The van der Waals surface area contributed by atoms with Gasteiger partial charge in [-0.05, 0) is 86.0 Å². The quantitative estimate of drug-likeness (QED) is 0.138. The summed E-state index contributed by atoms with van der Waals surface area (Å²) in [4.78, 5) is 75.0. The molecule has 3 fully saturated rings. The number of aliphatic hydroxyl groups is 2. The van der Waals surface area contributed by atoms with Crippen molar-refractivity contribution in [2.45, 2.75) is 167 Å². The van der Waals surface area contributed by atoms with Crippen LogP contribution in [0.15, 0.2) is 33.9 Å². The third kappa shape index (κ3) is 12.6. The van der Waals surface area contributed by atoms with Crippen molar-refractivity contribution in [1.29, 1.82) is 0 Å². The Morgan fingerprint density at radius 2 is 1.82 bits per heavy atom. The SMILES string of the molecule is CCC(=O)N=C1[C@H](C)C[C@@]2(C)OC/C(=N/OCc3ccc(-c4nc(NC(=O)[C@H](C)N)cs4)cn3)CO[C@@H]([C@H]1C)[C@](C)(O)[C@@H](CC)OC(=O)[C@@](C)(F)C(=O)[C@H](C)[C@H]2O[C@@H]1O[C@H](C)C[C@H](N(C)C)[C@H]1O. The number of halogens is 1. The lowest BCUT2D eigenvalue weighted by molar-refractivity contribution is -0.296. The molecule has 5 rings (SSSR count). The van der Waals surface area contributed by atoms with Crippen LogP contribution < -0.4 is 11.1 Å². The predicted molar refractivity (Wildman–Crippen MR) is 251 cm³/mol. The second-order valence-electron chi connectivity index (χ2n) is 19.1. The number of alkyl halides is 1. The largest absolute Gasteiger partial charge is 0.457 e. The number of aromatic nitrogens is 2. The number of nitrogens with two attached hydrogens (primary N) is 1. The Bertz CT molecular complexity index is 2150. The Morgan fingerprint density at radius 1 is 1.12 bits per heavy atom. The van der Waals surface area contributed by atoms with Gasteiger partial charge in [0.05, 0.1) is 48.9 Å². The molecule has 21 heteroatoms. The maximum absolute atomic E-state index is 17.0. The highest BCUT2D eigenvalue weighted by molar-refractivity contribution is 7.13. The number of oxime groups is 1. The molecule has 2 aromatic rings. The van der Waals surface area contributed by atoms with E-state index >= 15 is 4.39 Å². The highest BCUT2D eigenvalue weighted by Gasteiger charge is 2.56. The number of hydrogen-bond donors (Lipinski definition) is 4. The van der Waals surface area contributed by atoms with Gasteiger partial charge in [-0.2, -0.15) is 0 Å². The number of esters is 1. The van der Waals surface area contributed by atoms with E-state index in [-0.39, 0.29) is 50.7 Å². The molecular formula is C47H70FN7O12S. The summed E-state index contributed by atoms with van der Waals surface area (Å²) in [5, 5.41) is 33.6. The fraction of sp³-hybridized carbons (Fsp3) is 0.702. The Balaban J connectivity index is 1.60. The Morgan fingerprint density at radius 3 is 2.44 bits per heavy atom. The van der Waals surface area contributed by atoms with Crippen molar-refractivity contribution in [2.75, 3.05) is 32.6 Å². The van der Waals surface area contributed by atoms with Gasteiger partial charge in [-0.15, -0.1) is 11.3 Å². The zero-order chi connectivity index (χ0) is 50.5. The monoisotopic (exact) mass is 975 g/mol. The smallest absolute Gasteiger partial charge is 0.351 e. The molecule has 0 aromatic carbocycles. The molecule has 5 heterocycles. The van der Waals surface area contributed by atoms with E-state index in [0.717, 1.165) is 6.92 Å².